The van der Waals surface area contributed by atoms with Gasteiger partial charge in [-0.1, -0.05) is 119 Å². The lowest BCUT2D eigenvalue weighted by atomic mass is 9.92. The van der Waals surface area contributed by atoms with Crippen molar-refractivity contribution < 1.29 is 39.0 Å². The van der Waals surface area contributed by atoms with Crippen LogP contribution in [0.3, 0.4) is 0 Å². The number of nitrogens with two attached hydrogens (primary N) is 2. The minimum Gasteiger partial charge on any atom is -0.493 e. The maximum atomic E-state index is 14.3. The molecule has 354 valence electrons. The topological polar surface area (TPSA) is 225 Å². The van der Waals surface area contributed by atoms with Crippen LogP contribution in [0.5, 0.6) is 11.5 Å². The summed E-state index contributed by atoms with van der Waals surface area (Å²) in [4.78, 5) is 50.0. The molecule has 1 aromatic heterocycles. The maximum absolute atomic E-state index is 14.3. The van der Waals surface area contributed by atoms with E-state index in [1.165, 1.54) is 0 Å². The molecule has 0 spiro atoms. The molecule has 0 aliphatic rings. The highest BCUT2D eigenvalue weighted by molar-refractivity contribution is 6.10. The van der Waals surface area contributed by atoms with E-state index in [1.54, 1.807) is 6.20 Å². The van der Waals surface area contributed by atoms with E-state index in [4.69, 9.17) is 25.4 Å². The highest BCUT2D eigenvalue weighted by Crippen LogP contribution is 2.45. The van der Waals surface area contributed by atoms with Gasteiger partial charge in [-0.2, -0.15) is 0 Å². The summed E-state index contributed by atoms with van der Waals surface area (Å²) in [5, 5.41) is 13.0. The fraction of sp³-hybridized carbons (Fsp3) is 0.377. The standard InChI is InChI=1S/C53H66N8O6/c1-34(2)27-30-65-44-25-23-36-15-8-10-19-39(36)48(44)49-40-20-11-9-16-37(40)24-26-45(49)66-33-47(62)59-41(21-12-13-28-54)50(63)60-42(22-14-29-57-53(55)56)51(64)61-43(31-35(3)4)52-58-32-46(67-52)38-17-6-5-7-18-38/h5-11,15-20,23-26,32,34-35,41-43H,12-14,21-22,27-31,33,54H2,1-4H3,(H,59,62)(H,60,63)(H,61,64)(H4,55,56,57)/p+2/t41-,42-,43+/m1/s1. The first-order valence-electron chi connectivity index (χ1n) is 23.5. The number of fused-ring (bicyclic) bond motifs is 2. The summed E-state index contributed by atoms with van der Waals surface area (Å²) in [6, 6.07) is 31.2. The van der Waals surface area contributed by atoms with Crippen molar-refractivity contribution in [2.75, 3.05) is 26.3 Å². The Labute approximate surface area is 393 Å². The predicted molar refractivity (Wildman–Crippen MR) is 264 cm³/mol. The molecule has 6 aromatic rings. The fourth-order valence-corrected chi connectivity index (χ4v) is 8.07. The number of hydrogen-bond acceptors (Lipinski definition) is 7. The number of guanidine groups is 1. The van der Waals surface area contributed by atoms with E-state index in [1.807, 2.05) is 98.8 Å². The van der Waals surface area contributed by atoms with Crippen molar-refractivity contribution in [1.29, 1.82) is 0 Å². The number of oxazole rings is 1. The average Bonchev–Trinajstić information content (AvgIpc) is 3.82. The van der Waals surface area contributed by atoms with Gasteiger partial charge in [0.1, 0.15) is 29.6 Å². The van der Waals surface area contributed by atoms with Gasteiger partial charge < -0.3 is 35.6 Å². The van der Waals surface area contributed by atoms with Gasteiger partial charge >= 0.3 is 5.96 Å². The molecule has 0 fully saturated rings. The Kier molecular flexibility index (Phi) is 18.1. The largest absolute Gasteiger partial charge is 0.493 e. The van der Waals surface area contributed by atoms with Gasteiger partial charge in [-0.3, -0.25) is 30.8 Å². The highest BCUT2D eigenvalue weighted by atomic mass is 16.5. The molecule has 3 atom stereocenters. The number of carbonyl (C=O) groups excluding carboxylic acids is 3. The van der Waals surface area contributed by atoms with Crippen LogP contribution >= 0.6 is 0 Å². The smallest absolute Gasteiger partial charge is 0.338 e. The summed E-state index contributed by atoms with van der Waals surface area (Å²) in [6.45, 7) is 9.64. The fourth-order valence-electron chi connectivity index (χ4n) is 8.07. The number of unbranched alkanes of at least 4 members (excludes halogenated alkanes) is 1. The zero-order valence-corrected chi connectivity index (χ0v) is 39.3. The number of benzene rings is 5. The molecule has 6 rings (SSSR count). The third-order valence-corrected chi connectivity index (χ3v) is 11.5. The monoisotopic (exact) mass is 913 g/mol. The first-order valence-corrected chi connectivity index (χ1v) is 23.5. The molecule has 0 saturated heterocycles. The summed E-state index contributed by atoms with van der Waals surface area (Å²) in [5.74, 6) is 1.45. The van der Waals surface area contributed by atoms with Crippen LogP contribution in [-0.2, 0) is 14.4 Å². The average molecular weight is 913 g/mol. The summed E-state index contributed by atoms with van der Waals surface area (Å²) >= 11 is 0. The van der Waals surface area contributed by atoms with Gasteiger partial charge in [-0.15, -0.1) is 0 Å². The van der Waals surface area contributed by atoms with Crippen LogP contribution in [0.4, 0.5) is 0 Å². The number of ether oxygens (including phenoxy) is 2. The third-order valence-electron chi connectivity index (χ3n) is 11.5. The summed E-state index contributed by atoms with van der Waals surface area (Å²) in [6.07, 6.45) is 5.46. The molecule has 0 bridgehead atoms. The third kappa shape index (κ3) is 14.0. The lowest BCUT2D eigenvalue weighted by Gasteiger charge is -2.25. The summed E-state index contributed by atoms with van der Waals surface area (Å²) in [5.41, 5.74) is 17.8. The maximum Gasteiger partial charge on any atom is 0.338 e. The molecule has 1 heterocycles. The van der Waals surface area contributed by atoms with Crippen molar-refractivity contribution in [1.82, 2.24) is 20.9 Å². The second kappa shape index (κ2) is 24.6. The lowest BCUT2D eigenvalue weighted by molar-refractivity contribution is -0.459. The number of amides is 3. The van der Waals surface area contributed by atoms with Gasteiger partial charge in [0.25, 0.3) is 5.91 Å². The SMILES string of the molecule is CC(C)CCOc1ccc2ccccc2c1-c1c(OCC(=O)N[C@H](CCCC[NH3+])C(=O)N[C@H](CCC[NH+]=C(N)N)C(=O)N[C@@H](CC(C)C)c2ncc(-c3ccccc3)o2)ccc2ccccc12. The van der Waals surface area contributed by atoms with Gasteiger partial charge in [0.05, 0.1) is 25.9 Å². The van der Waals surface area contributed by atoms with Crippen LogP contribution < -0.4 is 47.6 Å². The van der Waals surface area contributed by atoms with Crippen molar-refractivity contribution >= 4 is 45.2 Å². The molecule has 14 heteroatoms. The molecular formula is C53H68N8O6+2. The van der Waals surface area contributed by atoms with Gasteiger partial charge in [0, 0.05) is 16.7 Å². The Balaban J connectivity index is 1.23. The van der Waals surface area contributed by atoms with E-state index >= 15 is 0 Å². The minimum absolute atomic E-state index is 0.0545. The van der Waals surface area contributed by atoms with Crippen LogP contribution in [0, 0.1) is 11.8 Å². The molecule has 14 nitrogen and oxygen atoms in total. The van der Waals surface area contributed by atoms with E-state index < -0.39 is 35.8 Å². The van der Waals surface area contributed by atoms with Crippen LogP contribution in [0.2, 0.25) is 0 Å². The number of rotatable bonds is 25. The van der Waals surface area contributed by atoms with E-state index in [0.29, 0.717) is 68.7 Å². The van der Waals surface area contributed by atoms with Crippen LogP contribution in [0.25, 0.3) is 44.0 Å². The molecule has 0 aliphatic heterocycles. The van der Waals surface area contributed by atoms with Gasteiger partial charge in [-0.05, 0) is 90.5 Å². The number of nitrogens with one attached hydrogen (secondary N) is 4. The van der Waals surface area contributed by atoms with E-state index in [9.17, 15) is 14.4 Å². The van der Waals surface area contributed by atoms with Crippen LogP contribution in [0.15, 0.2) is 114 Å². The number of quaternary nitrogens is 1. The molecule has 0 radical (unpaired) electrons. The molecule has 0 aliphatic carbocycles. The molecule has 0 unspecified atom stereocenters. The normalized spacial score (nSPS) is 12.7. The molecule has 5 aromatic carbocycles. The van der Waals surface area contributed by atoms with Crippen molar-refractivity contribution in [3.63, 3.8) is 0 Å². The van der Waals surface area contributed by atoms with Crippen molar-refractivity contribution in [3.8, 4) is 33.9 Å². The second-order valence-corrected chi connectivity index (χ2v) is 17.8. The van der Waals surface area contributed by atoms with Crippen molar-refractivity contribution in [2.24, 2.45) is 23.3 Å². The van der Waals surface area contributed by atoms with Gasteiger partial charge in [0.15, 0.2) is 12.4 Å². The Hall–Kier alpha value is -6.93. The first kappa shape index (κ1) is 49.5. The molecule has 3 amide bonds. The lowest BCUT2D eigenvalue weighted by Crippen LogP contribution is -2.78. The van der Waals surface area contributed by atoms with Crippen LogP contribution in [0.1, 0.15) is 84.6 Å². The Bertz CT molecular complexity index is 2590. The van der Waals surface area contributed by atoms with E-state index in [0.717, 1.165) is 56.8 Å². The Morgan fingerprint density at radius 3 is 1.91 bits per heavy atom. The zero-order chi connectivity index (χ0) is 47.7. The number of nitrogens with zero attached hydrogens (tertiary/aromatic N) is 1. The molecule has 67 heavy (non-hydrogen) atoms. The Morgan fingerprint density at radius 2 is 1.28 bits per heavy atom. The van der Waals surface area contributed by atoms with Crippen molar-refractivity contribution in [3.05, 3.63) is 115 Å². The molecular weight excluding hydrogens is 845 g/mol. The van der Waals surface area contributed by atoms with Gasteiger partial charge in [0.2, 0.25) is 17.7 Å². The highest BCUT2D eigenvalue weighted by Gasteiger charge is 2.30. The number of hydrogen-bond donors (Lipinski definition) is 7. The zero-order valence-electron chi connectivity index (χ0n) is 39.3. The Morgan fingerprint density at radius 1 is 0.687 bits per heavy atom. The molecule has 11 N–H and O–H groups in total. The minimum atomic E-state index is -0.979. The van der Waals surface area contributed by atoms with E-state index in [2.05, 4.69) is 63.7 Å². The van der Waals surface area contributed by atoms with Crippen molar-refractivity contribution in [2.45, 2.75) is 90.8 Å². The summed E-state index contributed by atoms with van der Waals surface area (Å²) < 4.78 is 19.1. The molecule has 0 saturated carbocycles. The number of aromatic nitrogens is 1. The second-order valence-electron chi connectivity index (χ2n) is 17.8. The summed E-state index contributed by atoms with van der Waals surface area (Å²) in [7, 11) is 0. The quantitative estimate of drug-likeness (QED) is 0.0217. The van der Waals surface area contributed by atoms with Crippen LogP contribution in [-0.4, -0.2) is 67.1 Å². The van der Waals surface area contributed by atoms with E-state index in [-0.39, 0.29) is 24.9 Å². The number of carbonyl (C=O) groups is 3. The predicted octanol–water partition coefficient (Wildman–Crippen LogP) is 5.54. The van der Waals surface area contributed by atoms with Gasteiger partial charge in [-0.25, -0.2) is 4.98 Å². The first-order chi connectivity index (χ1) is 32.4.